The minimum Gasteiger partial charge on any atom is -0.395 e. The first-order valence-electron chi connectivity index (χ1n) is 5.22. The number of benzene rings is 1. The van der Waals surface area contributed by atoms with Gasteiger partial charge in [-0.15, -0.1) is 0 Å². The highest BCUT2D eigenvalue weighted by atomic mass is 79.9. The van der Waals surface area contributed by atoms with Gasteiger partial charge in [-0.3, -0.25) is 0 Å². The lowest BCUT2D eigenvalue weighted by Gasteiger charge is -2.19. The van der Waals surface area contributed by atoms with Crippen molar-refractivity contribution in [3.63, 3.8) is 0 Å². The Balaban J connectivity index is 2.45. The topological polar surface area (TPSA) is 32.3 Å². The second-order valence-electron chi connectivity index (χ2n) is 4.04. The number of rotatable bonds is 5. The number of hydrogen-bond donors (Lipinski definition) is 2. The van der Waals surface area contributed by atoms with E-state index in [1.54, 1.807) is 0 Å². The predicted octanol–water partition coefficient (Wildman–Crippen LogP) is 2.56. The van der Waals surface area contributed by atoms with Gasteiger partial charge in [-0.1, -0.05) is 41.9 Å². The van der Waals surface area contributed by atoms with Crippen molar-refractivity contribution in [1.82, 2.24) is 5.32 Å². The van der Waals surface area contributed by atoms with Gasteiger partial charge in [0.1, 0.15) is 0 Å². The molecule has 1 rings (SSSR count). The molecule has 15 heavy (non-hydrogen) atoms. The smallest absolute Gasteiger partial charge is 0.0587 e. The van der Waals surface area contributed by atoms with E-state index in [4.69, 9.17) is 5.11 Å². The van der Waals surface area contributed by atoms with Crippen LogP contribution in [-0.2, 0) is 6.54 Å². The molecule has 0 aliphatic heterocycles. The summed E-state index contributed by atoms with van der Waals surface area (Å²) in [5.41, 5.74) is 1.23. The molecule has 0 unspecified atom stereocenters. The molecule has 0 aliphatic rings. The summed E-state index contributed by atoms with van der Waals surface area (Å²) in [6, 6.07) is 8.38. The Bertz CT molecular complexity index is 284. The molecule has 0 saturated heterocycles. The van der Waals surface area contributed by atoms with Gasteiger partial charge in [0.25, 0.3) is 0 Å². The summed E-state index contributed by atoms with van der Waals surface area (Å²) < 4.78 is 1.09. The Morgan fingerprint density at radius 2 is 1.87 bits per heavy atom. The van der Waals surface area contributed by atoms with E-state index in [0.717, 1.165) is 11.0 Å². The van der Waals surface area contributed by atoms with Crippen LogP contribution >= 0.6 is 15.9 Å². The molecule has 0 heterocycles. The molecule has 0 aromatic heterocycles. The van der Waals surface area contributed by atoms with Crippen LogP contribution in [0.4, 0.5) is 0 Å². The first-order valence-corrected chi connectivity index (χ1v) is 6.01. The molecule has 1 aromatic rings. The predicted molar refractivity (Wildman–Crippen MR) is 66.7 cm³/mol. The number of aliphatic hydroxyl groups is 1. The number of halogens is 1. The average molecular weight is 272 g/mol. The number of nitrogens with one attached hydrogen (secondary N) is 1. The molecule has 2 nitrogen and oxygen atoms in total. The van der Waals surface area contributed by atoms with Crippen molar-refractivity contribution in [3.05, 3.63) is 34.3 Å². The summed E-state index contributed by atoms with van der Waals surface area (Å²) in [5.74, 6) is 0.449. The summed E-state index contributed by atoms with van der Waals surface area (Å²) in [5, 5.41) is 12.5. The van der Waals surface area contributed by atoms with Crippen LogP contribution in [-0.4, -0.2) is 17.8 Å². The minimum atomic E-state index is 0.175. The standard InChI is InChI=1S/C12H18BrNO/c1-9(2)12(8-15)14-7-10-3-5-11(13)6-4-10/h3-6,9,12,14-15H,7-8H2,1-2H3/t12-/m1/s1. The maximum absolute atomic E-state index is 9.15. The van der Waals surface area contributed by atoms with Gasteiger partial charge in [-0.25, -0.2) is 0 Å². The van der Waals surface area contributed by atoms with Crippen molar-refractivity contribution in [2.45, 2.75) is 26.4 Å². The van der Waals surface area contributed by atoms with E-state index in [1.165, 1.54) is 5.56 Å². The molecule has 1 atom stereocenters. The van der Waals surface area contributed by atoms with E-state index in [9.17, 15) is 0 Å². The molecular weight excluding hydrogens is 254 g/mol. The lowest BCUT2D eigenvalue weighted by Crippen LogP contribution is -2.36. The Morgan fingerprint density at radius 1 is 1.27 bits per heavy atom. The molecule has 0 bridgehead atoms. The fourth-order valence-corrected chi connectivity index (χ4v) is 1.63. The normalized spacial score (nSPS) is 13.1. The highest BCUT2D eigenvalue weighted by molar-refractivity contribution is 9.10. The van der Waals surface area contributed by atoms with Crippen molar-refractivity contribution in [3.8, 4) is 0 Å². The zero-order valence-electron chi connectivity index (χ0n) is 9.20. The van der Waals surface area contributed by atoms with Crippen LogP contribution in [0.3, 0.4) is 0 Å². The fourth-order valence-electron chi connectivity index (χ4n) is 1.36. The van der Waals surface area contributed by atoms with Gasteiger partial charge in [0, 0.05) is 17.1 Å². The Morgan fingerprint density at radius 3 is 2.33 bits per heavy atom. The van der Waals surface area contributed by atoms with Gasteiger partial charge in [0.2, 0.25) is 0 Å². The molecule has 0 fully saturated rings. The highest BCUT2D eigenvalue weighted by Gasteiger charge is 2.10. The van der Waals surface area contributed by atoms with Gasteiger partial charge < -0.3 is 10.4 Å². The lowest BCUT2D eigenvalue weighted by atomic mass is 10.1. The first-order chi connectivity index (χ1) is 7.13. The molecule has 2 N–H and O–H groups in total. The van der Waals surface area contributed by atoms with E-state index < -0.39 is 0 Å². The fraction of sp³-hybridized carbons (Fsp3) is 0.500. The second-order valence-corrected chi connectivity index (χ2v) is 4.96. The van der Waals surface area contributed by atoms with Crippen LogP contribution in [0.1, 0.15) is 19.4 Å². The van der Waals surface area contributed by atoms with Crippen LogP contribution in [0, 0.1) is 5.92 Å². The van der Waals surface area contributed by atoms with Crippen LogP contribution in [0.5, 0.6) is 0 Å². The lowest BCUT2D eigenvalue weighted by molar-refractivity contribution is 0.210. The largest absolute Gasteiger partial charge is 0.395 e. The quantitative estimate of drug-likeness (QED) is 0.863. The van der Waals surface area contributed by atoms with Crippen LogP contribution in [0.25, 0.3) is 0 Å². The van der Waals surface area contributed by atoms with Crippen LogP contribution in [0.2, 0.25) is 0 Å². The first kappa shape index (κ1) is 12.7. The highest BCUT2D eigenvalue weighted by Crippen LogP contribution is 2.11. The van der Waals surface area contributed by atoms with Crippen molar-refractivity contribution in [2.24, 2.45) is 5.92 Å². The maximum Gasteiger partial charge on any atom is 0.0587 e. The van der Waals surface area contributed by atoms with Crippen molar-refractivity contribution in [2.75, 3.05) is 6.61 Å². The summed E-state index contributed by atoms with van der Waals surface area (Å²) >= 11 is 3.40. The monoisotopic (exact) mass is 271 g/mol. The van der Waals surface area contributed by atoms with Gasteiger partial charge in [-0.2, -0.15) is 0 Å². The zero-order valence-corrected chi connectivity index (χ0v) is 10.8. The van der Waals surface area contributed by atoms with Gasteiger partial charge >= 0.3 is 0 Å². The van der Waals surface area contributed by atoms with E-state index in [1.807, 2.05) is 12.1 Å². The molecule has 0 amide bonds. The SMILES string of the molecule is CC(C)[C@@H](CO)NCc1ccc(Br)cc1. The molecule has 0 radical (unpaired) electrons. The Labute approximate surface area is 99.8 Å². The molecule has 0 saturated carbocycles. The minimum absolute atomic E-state index is 0.175. The maximum atomic E-state index is 9.15. The van der Waals surface area contributed by atoms with Crippen LogP contribution in [0.15, 0.2) is 28.7 Å². The molecule has 3 heteroatoms. The van der Waals surface area contributed by atoms with Crippen LogP contribution < -0.4 is 5.32 Å². The summed E-state index contributed by atoms with van der Waals surface area (Å²) in [4.78, 5) is 0. The number of aliphatic hydroxyl groups excluding tert-OH is 1. The molecule has 0 aliphatic carbocycles. The molecular formula is C12H18BrNO. The van der Waals surface area contributed by atoms with Crippen molar-refractivity contribution < 1.29 is 5.11 Å². The van der Waals surface area contributed by atoms with Gasteiger partial charge in [0.15, 0.2) is 0 Å². The summed E-state index contributed by atoms with van der Waals surface area (Å²) in [6.45, 7) is 5.20. The van der Waals surface area contributed by atoms with E-state index in [2.05, 4.69) is 47.2 Å². The Hall–Kier alpha value is -0.380. The molecule has 84 valence electrons. The van der Waals surface area contributed by atoms with Gasteiger partial charge in [-0.05, 0) is 23.6 Å². The van der Waals surface area contributed by atoms with Crippen molar-refractivity contribution in [1.29, 1.82) is 0 Å². The van der Waals surface area contributed by atoms with E-state index in [0.29, 0.717) is 5.92 Å². The van der Waals surface area contributed by atoms with E-state index in [-0.39, 0.29) is 12.6 Å². The van der Waals surface area contributed by atoms with Gasteiger partial charge in [0.05, 0.1) is 6.61 Å². The van der Waals surface area contributed by atoms with Crippen molar-refractivity contribution >= 4 is 15.9 Å². The third-order valence-electron chi connectivity index (χ3n) is 2.48. The second kappa shape index (κ2) is 6.26. The third-order valence-corrected chi connectivity index (χ3v) is 3.01. The molecule has 0 spiro atoms. The third kappa shape index (κ3) is 4.33. The molecule has 1 aromatic carbocycles. The summed E-state index contributed by atoms with van der Waals surface area (Å²) in [6.07, 6.45) is 0. The number of hydrogen-bond acceptors (Lipinski definition) is 2. The average Bonchev–Trinajstić information content (AvgIpc) is 2.21. The summed E-state index contributed by atoms with van der Waals surface area (Å²) in [7, 11) is 0. The zero-order chi connectivity index (χ0) is 11.3. The van der Waals surface area contributed by atoms with E-state index >= 15 is 0 Å². The Kier molecular flexibility index (Phi) is 5.29.